The van der Waals surface area contributed by atoms with E-state index in [1.54, 1.807) is 23.9 Å². The molecule has 0 bridgehead atoms. The van der Waals surface area contributed by atoms with Crippen molar-refractivity contribution in [1.82, 2.24) is 41.7 Å². The lowest BCUT2D eigenvalue weighted by atomic mass is 9.99. The van der Waals surface area contributed by atoms with Crippen LogP contribution in [0.1, 0.15) is 70.4 Å². The van der Waals surface area contributed by atoms with Crippen LogP contribution in [0.25, 0.3) is 21.5 Å². The predicted octanol–water partition coefficient (Wildman–Crippen LogP) is 3.36. The van der Waals surface area contributed by atoms with Crippen LogP contribution in [0.2, 0.25) is 0 Å². The van der Waals surface area contributed by atoms with Crippen LogP contribution in [0.5, 0.6) is 0 Å². The highest BCUT2D eigenvalue weighted by Gasteiger charge is 2.39. The quantitative estimate of drug-likeness (QED) is 0.0266. The van der Waals surface area contributed by atoms with E-state index in [2.05, 4.69) is 41.9 Å². The lowest BCUT2D eigenvalue weighted by molar-refractivity contribution is -0.141. The van der Waals surface area contributed by atoms with Crippen molar-refractivity contribution in [3.05, 3.63) is 167 Å². The summed E-state index contributed by atoms with van der Waals surface area (Å²) in [6.45, 7) is 1.84. The summed E-state index contributed by atoms with van der Waals surface area (Å²) in [5.41, 5.74) is 24.4. The summed E-state index contributed by atoms with van der Waals surface area (Å²) >= 11 is 0. The van der Waals surface area contributed by atoms with Gasteiger partial charge < -0.3 is 64.6 Å². The number of carbonyl (C=O) groups is 6. The van der Waals surface area contributed by atoms with Gasteiger partial charge in [0, 0.05) is 89.4 Å². The van der Waals surface area contributed by atoms with Gasteiger partial charge in [-0.3, -0.25) is 38.8 Å². The summed E-state index contributed by atoms with van der Waals surface area (Å²) in [5.74, 6) is -2.45. The summed E-state index contributed by atoms with van der Waals surface area (Å²) in [6.07, 6.45) is 3.66. The van der Waals surface area contributed by atoms with Crippen molar-refractivity contribution >= 4 is 68.9 Å². The first-order valence-electron chi connectivity index (χ1n) is 28.2. The van der Waals surface area contributed by atoms with Crippen molar-refractivity contribution in [1.29, 1.82) is 0 Å². The highest BCUT2D eigenvalue weighted by Crippen LogP contribution is 2.24. The van der Waals surface area contributed by atoms with E-state index >= 15 is 0 Å². The Morgan fingerprint density at radius 3 is 1.27 bits per heavy atom. The van der Waals surface area contributed by atoms with Gasteiger partial charge in [-0.2, -0.15) is 0 Å². The number of nitrogens with zero attached hydrogens (tertiary/aromatic N) is 4. The maximum Gasteiger partial charge on any atom is 0.251 e. The molecule has 0 saturated carbocycles. The first-order chi connectivity index (χ1) is 40.5. The zero-order valence-electron chi connectivity index (χ0n) is 47.4. The molecule has 8 rings (SSSR count). The molecule has 0 unspecified atom stereocenters. The second-order valence-electron chi connectivity index (χ2n) is 20.8. The molecule has 20 nitrogen and oxygen atoms in total. The van der Waals surface area contributed by atoms with Crippen molar-refractivity contribution in [3.63, 3.8) is 0 Å². The van der Waals surface area contributed by atoms with E-state index in [0.29, 0.717) is 88.7 Å². The molecule has 6 atom stereocenters. The Balaban J connectivity index is 0.000000241. The lowest BCUT2D eigenvalue weighted by Gasteiger charge is -2.31. The number of nitrogens with one attached hydrogen (secondary N) is 6. The fourth-order valence-corrected chi connectivity index (χ4v) is 10.5. The molecule has 0 radical (unpaired) electrons. The van der Waals surface area contributed by atoms with Crippen molar-refractivity contribution in [2.45, 2.75) is 87.6 Å². The van der Waals surface area contributed by atoms with Crippen LogP contribution in [0, 0.1) is 11.6 Å². The van der Waals surface area contributed by atoms with E-state index < -0.39 is 35.8 Å². The van der Waals surface area contributed by atoms with Gasteiger partial charge in [0.05, 0.1) is 12.1 Å². The highest BCUT2D eigenvalue weighted by molar-refractivity contribution is 5.95. The van der Waals surface area contributed by atoms with Crippen molar-refractivity contribution in [2.75, 3.05) is 53.4 Å². The number of likely N-dealkylation sites (N-methyl/N-ethyl adjacent to an activating group) is 2. The van der Waals surface area contributed by atoms with Gasteiger partial charge in [-0.15, -0.1) is 0 Å². The van der Waals surface area contributed by atoms with Crippen molar-refractivity contribution < 1.29 is 37.5 Å². The molecule has 0 aromatic heterocycles. The molecule has 6 amide bonds. The Morgan fingerprint density at radius 1 is 0.548 bits per heavy atom. The summed E-state index contributed by atoms with van der Waals surface area (Å²) in [5, 5.41) is 22.3. The van der Waals surface area contributed by atoms with Crippen molar-refractivity contribution in [2.24, 2.45) is 32.9 Å². The van der Waals surface area contributed by atoms with E-state index in [-0.39, 0.29) is 72.5 Å². The predicted molar refractivity (Wildman–Crippen MR) is 322 cm³/mol. The Labute approximate surface area is 487 Å². The summed E-state index contributed by atoms with van der Waals surface area (Å²) in [6, 6.07) is 35.5. The average molecular weight is 1150 g/mol. The van der Waals surface area contributed by atoms with E-state index in [4.69, 9.17) is 22.9 Å². The summed E-state index contributed by atoms with van der Waals surface area (Å²) in [4.78, 5) is 91.0. The maximum absolute atomic E-state index is 14.0. The molecule has 444 valence electrons. The minimum absolute atomic E-state index is 0.0202. The van der Waals surface area contributed by atoms with E-state index in [1.807, 2.05) is 84.9 Å². The third-order valence-electron chi connectivity index (χ3n) is 14.9. The summed E-state index contributed by atoms with van der Waals surface area (Å²) in [7, 11) is 3.13. The van der Waals surface area contributed by atoms with Gasteiger partial charge in [-0.1, -0.05) is 84.9 Å². The van der Waals surface area contributed by atoms with Gasteiger partial charge in [0.25, 0.3) is 11.8 Å². The SMILES string of the molecule is CNC(=O)[C@H](Cc1ccc2ccccc2c1)N1CC[C@@H](CNC(=O)c2ccc(F)cc2)N[C@H](CCCN=C(N)N)C1=O.CNC(=O)[C@H](Cc1ccc2ccccc2c1)N1CC[C@H](CNC(=O)c2ccc(F)cc2)N[C@H](CCCN=C(N)N)C1=O. The Hall–Kier alpha value is -9.02. The first kappa shape index (κ1) is 62.6. The van der Waals surface area contributed by atoms with Gasteiger partial charge in [-0.25, -0.2) is 8.78 Å². The molecule has 2 fully saturated rings. The van der Waals surface area contributed by atoms with E-state index in [9.17, 15) is 37.5 Å². The minimum atomic E-state index is -0.724. The third-order valence-corrected chi connectivity index (χ3v) is 14.9. The molecule has 0 aliphatic carbocycles. The smallest absolute Gasteiger partial charge is 0.251 e. The van der Waals surface area contributed by atoms with Crippen molar-refractivity contribution in [3.8, 4) is 0 Å². The Kier molecular flexibility index (Phi) is 23.0. The molecule has 2 saturated heterocycles. The highest BCUT2D eigenvalue weighted by atomic mass is 19.1. The summed E-state index contributed by atoms with van der Waals surface area (Å²) < 4.78 is 26.6. The van der Waals surface area contributed by atoms with Gasteiger partial charge in [0.15, 0.2) is 11.9 Å². The standard InChI is InChI=1S/2C31H38FN7O3/c2*1-35-29(41)27(18-20-8-9-21-5-2-3-6-23(21)17-20)39-16-14-25(19-37-28(40)22-10-12-24(32)13-11-22)38-26(30(39)42)7-4-15-36-31(33)34/h2*2-3,5-6,8-13,17,25-27,38H,4,7,14-16,18-19H2,1H3,(H,35,41)(H,37,40)(H4,33,34,36)/t25-,26+,27-;25-,26-,27+/m01/s1. The number of fused-ring (bicyclic) bond motifs is 2. The lowest BCUT2D eigenvalue weighted by Crippen LogP contribution is -2.54. The molecule has 0 spiro atoms. The molecule has 22 heteroatoms. The number of halogens is 2. The Bertz CT molecular complexity index is 3070. The van der Waals surface area contributed by atoms with Gasteiger partial charge >= 0.3 is 0 Å². The number of nitrogens with two attached hydrogens (primary N) is 4. The molecular formula is C62H76F2N14O6. The fraction of sp³-hybridized carbons (Fsp3) is 0.355. The Morgan fingerprint density at radius 2 is 0.917 bits per heavy atom. The van der Waals surface area contributed by atoms with E-state index in [1.165, 1.54) is 48.5 Å². The zero-order chi connectivity index (χ0) is 60.1. The second kappa shape index (κ2) is 30.9. The van der Waals surface area contributed by atoms with Gasteiger partial charge in [-0.05, 0) is 120 Å². The second-order valence-corrected chi connectivity index (χ2v) is 20.8. The molecule has 6 aromatic rings. The number of benzene rings is 6. The molecule has 2 aliphatic heterocycles. The van der Waals surface area contributed by atoms with E-state index in [0.717, 1.165) is 32.7 Å². The number of rotatable bonds is 22. The topological polar surface area (TPSA) is 310 Å². The first-order valence-corrected chi connectivity index (χ1v) is 28.2. The number of hydrogen-bond acceptors (Lipinski definition) is 10. The zero-order valence-corrected chi connectivity index (χ0v) is 47.4. The van der Waals surface area contributed by atoms with Crippen LogP contribution in [-0.4, -0.2) is 147 Å². The number of guanidine groups is 2. The number of amides is 6. The van der Waals surface area contributed by atoms with Gasteiger partial charge in [0.1, 0.15) is 23.7 Å². The monoisotopic (exact) mass is 1150 g/mol. The van der Waals surface area contributed by atoms with Crippen LogP contribution in [0.3, 0.4) is 0 Å². The van der Waals surface area contributed by atoms with Crippen LogP contribution < -0.4 is 54.8 Å². The average Bonchev–Trinajstić information content (AvgIpc) is 4.00. The molecular weight excluding hydrogens is 1070 g/mol. The fourth-order valence-electron chi connectivity index (χ4n) is 10.5. The molecule has 2 heterocycles. The molecule has 6 aromatic carbocycles. The van der Waals surface area contributed by atoms with Gasteiger partial charge in [0.2, 0.25) is 23.6 Å². The largest absolute Gasteiger partial charge is 0.370 e. The van der Waals surface area contributed by atoms with Crippen LogP contribution in [-0.2, 0) is 32.0 Å². The number of aliphatic imine (C=N–C) groups is 2. The van der Waals surface area contributed by atoms with Crippen LogP contribution in [0.15, 0.2) is 143 Å². The number of hydrogen-bond donors (Lipinski definition) is 10. The molecule has 2 aliphatic rings. The molecule has 14 N–H and O–H groups in total. The third kappa shape index (κ3) is 18.0. The normalized spacial score (nSPS) is 17.8. The van der Waals surface area contributed by atoms with Crippen LogP contribution in [0.4, 0.5) is 8.78 Å². The maximum atomic E-state index is 14.0. The van der Waals surface area contributed by atoms with Crippen LogP contribution >= 0.6 is 0 Å². The number of carbonyl (C=O) groups excluding carboxylic acids is 6. The minimum Gasteiger partial charge on any atom is -0.370 e. The molecule has 84 heavy (non-hydrogen) atoms.